The largest absolute Gasteiger partial charge is 0.480 e. The summed E-state index contributed by atoms with van der Waals surface area (Å²) in [5, 5.41) is 9.53. The Morgan fingerprint density at radius 1 is 1.03 bits per heavy atom. The second kappa shape index (κ2) is 9.75. The van der Waals surface area contributed by atoms with Gasteiger partial charge in [-0.15, -0.1) is 0 Å². The third-order valence-corrected chi connectivity index (χ3v) is 4.71. The third-order valence-electron chi connectivity index (χ3n) is 4.71. The summed E-state index contributed by atoms with van der Waals surface area (Å²) in [4.78, 5) is 50.6. The van der Waals surface area contributed by atoms with Crippen molar-refractivity contribution in [2.45, 2.75) is 19.1 Å². The SMILES string of the molecule is CCOC(=O)CN1C[C@@H](C(=O)O)N(C(=O)OC(c2ccccc2)c2ccccc2)C1=O. The number of carboxylic acid groups (broad SMARTS) is 1. The Morgan fingerprint density at radius 3 is 2.06 bits per heavy atom. The highest BCUT2D eigenvalue weighted by molar-refractivity contribution is 5.99. The van der Waals surface area contributed by atoms with Gasteiger partial charge in [0.2, 0.25) is 0 Å². The molecule has 9 nitrogen and oxygen atoms in total. The van der Waals surface area contributed by atoms with Crippen molar-refractivity contribution in [3.63, 3.8) is 0 Å². The van der Waals surface area contributed by atoms with E-state index in [9.17, 15) is 24.3 Å². The van der Waals surface area contributed by atoms with Gasteiger partial charge in [0, 0.05) is 0 Å². The van der Waals surface area contributed by atoms with E-state index in [1.807, 2.05) is 12.1 Å². The Morgan fingerprint density at radius 2 is 1.58 bits per heavy atom. The predicted molar refractivity (Wildman–Crippen MR) is 108 cm³/mol. The van der Waals surface area contributed by atoms with E-state index in [2.05, 4.69) is 0 Å². The molecule has 9 heteroatoms. The van der Waals surface area contributed by atoms with Crippen molar-refractivity contribution < 1.29 is 33.8 Å². The van der Waals surface area contributed by atoms with Crippen molar-refractivity contribution in [2.75, 3.05) is 19.7 Å². The summed E-state index contributed by atoms with van der Waals surface area (Å²) in [6.07, 6.45) is -1.96. The molecule has 3 amide bonds. The summed E-state index contributed by atoms with van der Waals surface area (Å²) < 4.78 is 10.4. The topological polar surface area (TPSA) is 113 Å². The second-order valence-electron chi connectivity index (χ2n) is 6.78. The summed E-state index contributed by atoms with van der Waals surface area (Å²) in [5.41, 5.74) is 1.31. The molecule has 2 aromatic rings. The zero-order valence-electron chi connectivity index (χ0n) is 16.8. The van der Waals surface area contributed by atoms with Gasteiger partial charge in [-0.25, -0.2) is 19.3 Å². The van der Waals surface area contributed by atoms with Crippen LogP contribution >= 0.6 is 0 Å². The van der Waals surface area contributed by atoms with Gasteiger partial charge in [0.15, 0.2) is 12.1 Å². The van der Waals surface area contributed by atoms with Crippen LogP contribution in [-0.4, -0.2) is 64.7 Å². The number of aliphatic carboxylic acids is 1. The molecule has 3 rings (SSSR count). The van der Waals surface area contributed by atoms with Crippen molar-refractivity contribution in [1.82, 2.24) is 9.80 Å². The van der Waals surface area contributed by atoms with Crippen molar-refractivity contribution in [1.29, 1.82) is 0 Å². The molecule has 162 valence electrons. The number of esters is 1. The number of amides is 3. The first-order valence-electron chi connectivity index (χ1n) is 9.69. The van der Waals surface area contributed by atoms with E-state index in [1.165, 1.54) is 0 Å². The molecule has 1 N–H and O–H groups in total. The molecule has 1 aliphatic rings. The first-order chi connectivity index (χ1) is 14.9. The van der Waals surface area contributed by atoms with Gasteiger partial charge < -0.3 is 19.5 Å². The molecule has 0 saturated carbocycles. The quantitative estimate of drug-likeness (QED) is 0.677. The fourth-order valence-electron chi connectivity index (χ4n) is 3.28. The Kier molecular flexibility index (Phi) is 6.86. The zero-order chi connectivity index (χ0) is 22.4. The summed E-state index contributed by atoms with van der Waals surface area (Å²) in [7, 11) is 0. The van der Waals surface area contributed by atoms with Crippen LogP contribution in [-0.2, 0) is 19.1 Å². The van der Waals surface area contributed by atoms with Crippen LogP contribution in [0.4, 0.5) is 9.59 Å². The molecule has 1 aliphatic heterocycles. The van der Waals surface area contributed by atoms with Gasteiger partial charge >= 0.3 is 24.1 Å². The van der Waals surface area contributed by atoms with Crippen LogP contribution in [0.5, 0.6) is 0 Å². The van der Waals surface area contributed by atoms with Gasteiger partial charge in [-0.2, -0.15) is 0 Å². The van der Waals surface area contributed by atoms with Crippen LogP contribution in [0.25, 0.3) is 0 Å². The average molecular weight is 426 g/mol. The fourth-order valence-corrected chi connectivity index (χ4v) is 3.28. The fraction of sp³-hybridized carbons (Fsp3) is 0.273. The molecule has 1 heterocycles. The highest BCUT2D eigenvalue weighted by Gasteiger charge is 2.47. The Hall–Kier alpha value is -3.88. The van der Waals surface area contributed by atoms with Gasteiger partial charge in [-0.1, -0.05) is 60.7 Å². The number of carboxylic acids is 1. The Bertz CT molecular complexity index is 909. The minimum atomic E-state index is -1.48. The van der Waals surface area contributed by atoms with Crippen LogP contribution in [0.15, 0.2) is 60.7 Å². The molecule has 0 spiro atoms. The minimum absolute atomic E-state index is 0.116. The first kappa shape index (κ1) is 21.8. The normalized spacial score (nSPS) is 15.8. The van der Waals surface area contributed by atoms with Gasteiger partial charge in [-0.05, 0) is 18.1 Å². The molecule has 1 atom stereocenters. The molecule has 1 fully saturated rings. The highest BCUT2D eigenvalue weighted by Crippen LogP contribution is 2.28. The van der Waals surface area contributed by atoms with Crippen molar-refractivity contribution in [3.8, 4) is 0 Å². The number of carbonyl (C=O) groups is 4. The van der Waals surface area contributed by atoms with E-state index in [0.29, 0.717) is 16.0 Å². The number of benzene rings is 2. The van der Waals surface area contributed by atoms with Crippen LogP contribution < -0.4 is 0 Å². The van der Waals surface area contributed by atoms with Crippen LogP contribution in [0, 0.1) is 0 Å². The first-order valence-corrected chi connectivity index (χ1v) is 9.69. The lowest BCUT2D eigenvalue weighted by molar-refractivity contribution is -0.144. The summed E-state index contributed by atoms with van der Waals surface area (Å²) in [6, 6.07) is 15.4. The van der Waals surface area contributed by atoms with Crippen molar-refractivity contribution >= 4 is 24.1 Å². The molecular weight excluding hydrogens is 404 g/mol. The number of ether oxygens (including phenoxy) is 2. The van der Waals surface area contributed by atoms with Crippen LogP contribution in [0.2, 0.25) is 0 Å². The Balaban J connectivity index is 1.85. The maximum Gasteiger partial charge on any atom is 0.419 e. The van der Waals surface area contributed by atoms with Gasteiger partial charge in [0.25, 0.3) is 0 Å². The summed E-state index contributed by atoms with van der Waals surface area (Å²) in [6.45, 7) is 0.927. The number of hydrogen-bond donors (Lipinski definition) is 1. The van der Waals surface area contributed by atoms with E-state index in [-0.39, 0.29) is 13.2 Å². The van der Waals surface area contributed by atoms with Gasteiger partial charge in [0.1, 0.15) is 6.54 Å². The monoisotopic (exact) mass is 426 g/mol. The molecule has 2 aromatic carbocycles. The van der Waals surface area contributed by atoms with E-state index in [1.54, 1.807) is 55.5 Å². The lowest BCUT2D eigenvalue weighted by atomic mass is 10.0. The van der Waals surface area contributed by atoms with Crippen LogP contribution in [0.3, 0.4) is 0 Å². The minimum Gasteiger partial charge on any atom is -0.480 e. The lowest BCUT2D eigenvalue weighted by Crippen LogP contribution is -2.44. The molecule has 31 heavy (non-hydrogen) atoms. The average Bonchev–Trinajstić information content (AvgIpc) is 3.09. The molecule has 0 aromatic heterocycles. The van der Waals surface area contributed by atoms with E-state index in [0.717, 1.165) is 4.90 Å². The number of imide groups is 1. The predicted octanol–water partition coefficient (Wildman–Crippen LogP) is 2.67. The lowest BCUT2D eigenvalue weighted by Gasteiger charge is -2.24. The van der Waals surface area contributed by atoms with Crippen molar-refractivity contribution in [3.05, 3.63) is 71.8 Å². The molecule has 0 aliphatic carbocycles. The maximum atomic E-state index is 13.0. The highest BCUT2D eigenvalue weighted by atomic mass is 16.6. The number of carbonyl (C=O) groups excluding carboxylic acids is 3. The molecule has 1 saturated heterocycles. The Labute approximate surface area is 178 Å². The number of nitrogens with zero attached hydrogens (tertiary/aromatic N) is 2. The zero-order valence-corrected chi connectivity index (χ0v) is 16.8. The van der Waals surface area contributed by atoms with Gasteiger partial charge in [-0.3, -0.25) is 4.79 Å². The third kappa shape index (κ3) is 5.00. The number of rotatable bonds is 7. The smallest absolute Gasteiger partial charge is 0.419 e. The maximum absolute atomic E-state index is 13.0. The summed E-state index contributed by atoms with van der Waals surface area (Å²) in [5.74, 6) is -2.07. The second-order valence-corrected chi connectivity index (χ2v) is 6.78. The van der Waals surface area contributed by atoms with Crippen molar-refractivity contribution in [2.24, 2.45) is 0 Å². The molecule has 0 radical (unpaired) electrons. The van der Waals surface area contributed by atoms with E-state index in [4.69, 9.17) is 9.47 Å². The standard InChI is InChI=1S/C22H22N2O7/c1-2-30-18(25)14-23-13-17(20(26)27)24(21(23)28)22(29)31-19(15-9-5-3-6-10-15)16-11-7-4-8-12-16/h3-12,17,19H,2,13-14H2,1H3,(H,26,27)/t17-/m0/s1. The molecule has 0 unspecified atom stereocenters. The number of hydrogen-bond acceptors (Lipinski definition) is 6. The van der Waals surface area contributed by atoms with E-state index < -0.39 is 42.8 Å². The van der Waals surface area contributed by atoms with Gasteiger partial charge in [0.05, 0.1) is 13.2 Å². The summed E-state index contributed by atoms with van der Waals surface area (Å²) >= 11 is 0. The number of urea groups is 1. The molecule has 0 bridgehead atoms. The molecular formula is C22H22N2O7. The van der Waals surface area contributed by atoms with E-state index >= 15 is 0 Å². The van der Waals surface area contributed by atoms with Crippen LogP contribution in [0.1, 0.15) is 24.2 Å².